The Balaban J connectivity index is 1.55. The third-order valence-corrected chi connectivity index (χ3v) is 5.14. The van der Waals surface area contributed by atoms with E-state index in [1.165, 1.54) is 6.07 Å². The number of aryl methyl sites for hydroxylation is 1. The lowest BCUT2D eigenvalue weighted by Crippen LogP contribution is -2.32. The van der Waals surface area contributed by atoms with Gasteiger partial charge in [-0.3, -0.25) is 4.79 Å². The maximum Gasteiger partial charge on any atom is 0.223 e. The fraction of sp³-hybridized carbons (Fsp3) is 0.350. The molecule has 1 amide bonds. The van der Waals surface area contributed by atoms with Gasteiger partial charge in [0.2, 0.25) is 5.91 Å². The Bertz CT molecular complexity index is 780. The minimum Gasteiger partial charge on any atom is -0.484 e. The number of carbonyl (C=O) groups is 1. The number of fused-ring (bicyclic) bond motifs is 3. The first-order valence-electron chi connectivity index (χ1n) is 8.58. The average Bonchev–Trinajstić information content (AvgIpc) is 3.19. The molecule has 130 valence electrons. The first kappa shape index (κ1) is 16.1. The Labute approximate surface area is 145 Å². The third kappa shape index (κ3) is 2.78. The number of rotatable bonds is 4. The molecule has 0 aliphatic carbocycles. The summed E-state index contributed by atoms with van der Waals surface area (Å²) < 4.78 is 19.8. The van der Waals surface area contributed by atoms with Crippen molar-refractivity contribution in [2.45, 2.75) is 25.0 Å². The van der Waals surface area contributed by atoms with Crippen LogP contribution in [0, 0.1) is 11.7 Å². The summed E-state index contributed by atoms with van der Waals surface area (Å²) in [6, 6.07) is 14.3. The van der Waals surface area contributed by atoms with Gasteiger partial charge in [-0.05, 0) is 18.1 Å². The molecule has 4 rings (SSSR count). The molecule has 0 radical (unpaired) electrons. The van der Waals surface area contributed by atoms with E-state index in [1.807, 2.05) is 30.3 Å². The zero-order valence-corrected chi connectivity index (χ0v) is 13.8. The molecule has 1 saturated heterocycles. The zero-order chi connectivity index (χ0) is 17.4. The van der Waals surface area contributed by atoms with Crippen LogP contribution >= 0.6 is 0 Å². The molecular formula is C20H20FNO3. The summed E-state index contributed by atoms with van der Waals surface area (Å²) in [5.41, 5.74) is 1.81. The standard InChI is InChI=1S/C20H20FNO3/c21-16-8-4-7-15-18-19(25-20(15)16)14(12-23)11-22(18)17(24)10-9-13-5-2-1-3-6-13/h1-8,14,18-19,23H,9-12H2/t14-,18-,19-/m0/s1. The van der Waals surface area contributed by atoms with Crippen molar-refractivity contribution in [3.63, 3.8) is 0 Å². The summed E-state index contributed by atoms with van der Waals surface area (Å²) in [5, 5.41) is 9.66. The van der Waals surface area contributed by atoms with Gasteiger partial charge in [0.05, 0.1) is 12.6 Å². The van der Waals surface area contributed by atoms with Gasteiger partial charge in [0, 0.05) is 24.4 Å². The molecule has 25 heavy (non-hydrogen) atoms. The number of nitrogens with zero attached hydrogens (tertiary/aromatic N) is 1. The summed E-state index contributed by atoms with van der Waals surface area (Å²) >= 11 is 0. The van der Waals surface area contributed by atoms with Crippen molar-refractivity contribution in [1.29, 1.82) is 0 Å². The molecule has 2 aliphatic heterocycles. The minimum absolute atomic E-state index is 0.00974. The number of halogens is 1. The molecule has 0 saturated carbocycles. The highest BCUT2D eigenvalue weighted by molar-refractivity contribution is 5.78. The van der Waals surface area contributed by atoms with Crippen molar-refractivity contribution >= 4 is 5.91 Å². The van der Waals surface area contributed by atoms with Crippen LogP contribution in [0.4, 0.5) is 4.39 Å². The van der Waals surface area contributed by atoms with Gasteiger partial charge in [0.15, 0.2) is 11.6 Å². The molecule has 2 heterocycles. The maximum atomic E-state index is 14.0. The summed E-state index contributed by atoms with van der Waals surface area (Å²) in [4.78, 5) is 14.6. The molecule has 2 aliphatic rings. The Morgan fingerprint density at radius 1 is 1.20 bits per heavy atom. The second kappa shape index (κ2) is 6.48. The van der Waals surface area contributed by atoms with Gasteiger partial charge in [-0.2, -0.15) is 0 Å². The molecule has 3 atom stereocenters. The first-order chi connectivity index (χ1) is 12.2. The molecular weight excluding hydrogens is 321 g/mol. The molecule has 0 aromatic heterocycles. The van der Waals surface area contributed by atoms with Gasteiger partial charge in [-0.1, -0.05) is 42.5 Å². The summed E-state index contributed by atoms with van der Waals surface area (Å²) in [5.74, 6) is -0.384. The molecule has 1 N–H and O–H groups in total. The van der Waals surface area contributed by atoms with Crippen molar-refractivity contribution < 1.29 is 19.0 Å². The van der Waals surface area contributed by atoms with Gasteiger partial charge in [0.1, 0.15) is 6.10 Å². The number of para-hydroxylation sites is 1. The van der Waals surface area contributed by atoms with Crippen LogP contribution in [0.1, 0.15) is 23.6 Å². The fourth-order valence-corrected chi connectivity index (χ4v) is 3.89. The van der Waals surface area contributed by atoms with Crippen molar-refractivity contribution in [3.05, 3.63) is 65.5 Å². The van der Waals surface area contributed by atoms with E-state index in [9.17, 15) is 14.3 Å². The lowest BCUT2D eigenvalue weighted by Gasteiger charge is -2.23. The van der Waals surface area contributed by atoms with Crippen LogP contribution in [-0.4, -0.2) is 35.2 Å². The molecule has 0 spiro atoms. The Morgan fingerprint density at radius 2 is 2.00 bits per heavy atom. The molecule has 2 aromatic carbocycles. The van der Waals surface area contributed by atoms with Crippen molar-refractivity contribution in [1.82, 2.24) is 4.90 Å². The Hall–Kier alpha value is -2.40. The number of amides is 1. The van der Waals surface area contributed by atoms with Gasteiger partial charge in [-0.15, -0.1) is 0 Å². The SMILES string of the molecule is O=C(CCc1ccccc1)N1C[C@@H](CO)[C@@H]2Oc3c(F)cccc3[C@@H]21. The van der Waals surface area contributed by atoms with Crippen molar-refractivity contribution in [2.24, 2.45) is 5.92 Å². The van der Waals surface area contributed by atoms with Crippen LogP contribution in [0.2, 0.25) is 0 Å². The zero-order valence-electron chi connectivity index (χ0n) is 13.8. The molecule has 0 unspecified atom stereocenters. The lowest BCUT2D eigenvalue weighted by molar-refractivity contribution is -0.132. The highest BCUT2D eigenvalue weighted by Gasteiger charge is 2.51. The van der Waals surface area contributed by atoms with Crippen LogP contribution in [0.15, 0.2) is 48.5 Å². The normalized spacial score (nSPS) is 23.9. The van der Waals surface area contributed by atoms with E-state index in [1.54, 1.807) is 17.0 Å². The number of likely N-dealkylation sites (tertiary alicyclic amines) is 1. The Kier molecular flexibility index (Phi) is 4.17. The first-order valence-corrected chi connectivity index (χ1v) is 8.58. The highest BCUT2D eigenvalue weighted by Crippen LogP contribution is 2.48. The number of hydrogen-bond donors (Lipinski definition) is 1. The van der Waals surface area contributed by atoms with Crippen LogP contribution in [0.3, 0.4) is 0 Å². The number of aliphatic hydroxyl groups is 1. The second-order valence-electron chi connectivity index (χ2n) is 6.66. The van der Waals surface area contributed by atoms with Gasteiger partial charge in [0.25, 0.3) is 0 Å². The van der Waals surface area contributed by atoms with E-state index < -0.39 is 5.82 Å². The quantitative estimate of drug-likeness (QED) is 0.930. The van der Waals surface area contributed by atoms with E-state index in [0.29, 0.717) is 24.9 Å². The number of benzene rings is 2. The number of aliphatic hydroxyl groups excluding tert-OH is 1. The van der Waals surface area contributed by atoms with Crippen molar-refractivity contribution in [3.8, 4) is 5.75 Å². The second-order valence-corrected chi connectivity index (χ2v) is 6.66. The summed E-state index contributed by atoms with van der Waals surface area (Å²) in [7, 11) is 0. The van der Waals surface area contributed by atoms with Crippen molar-refractivity contribution in [2.75, 3.05) is 13.2 Å². The van der Waals surface area contributed by atoms with Gasteiger partial charge in [-0.25, -0.2) is 4.39 Å². The number of hydrogen-bond acceptors (Lipinski definition) is 3. The predicted molar refractivity (Wildman–Crippen MR) is 90.6 cm³/mol. The molecule has 4 nitrogen and oxygen atoms in total. The van der Waals surface area contributed by atoms with Crippen LogP contribution in [-0.2, 0) is 11.2 Å². The Morgan fingerprint density at radius 3 is 2.76 bits per heavy atom. The summed E-state index contributed by atoms with van der Waals surface area (Å²) in [6.07, 6.45) is 0.669. The molecule has 5 heteroatoms. The molecule has 1 fully saturated rings. The van der Waals surface area contributed by atoms with Gasteiger partial charge < -0.3 is 14.7 Å². The minimum atomic E-state index is -0.416. The summed E-state index contributed by atoms with van der Waals surface area (Å²) in [6.45, 7) is 0.356. The fourth-order valence-electron chi connectivity index (χ4n) is 3.89. The predicted octanol–water partition coefficient (Wildman–Crippen LogP) is 2.71. The van der Waals surface area contributed by atoms with Gasteiger partial charge >= 0.3 is 0 Å². The third-order valence-electron chi connectivity index (χ3n) is 5.14. The van der Waals surface area contributed by atoms with Crippen LogP contribution in [0.25, 0.3) is 0 Å². The molecule has 0 bridgehead atoms. The van der Waals surface area contributed by atoms with E-state index in [-0.39, 0.29) is 36.3 Å². The van der Waals surface area contributed by atoms with Crippen LogP contribution in [0.5, 0.6) is 5.75 Å². The van der Waals surface area contributed by atoms with E-state index in [2.05, 4.69) is 0 Å². The van der Waals surface area contributed by atoms with E-state index in [4.69, 9.17) is 4.74 Å². The smallest absolute Gasteiger partial charge is 0.223 e. The largest absolute Gasteiger partial charge is 0.484 e. The van der Waals surface area contributed by atoms with E-state index >= 15 is 0 Å². The molecule has 2 aromatic rings. The van der Waals surface area contributed by atoms with Crippen LogP contribution < -0.4 is 4.74 Å². The number of carbonyl (C=O) groups excluding carboxylic acids is 1. The lowest BCUT2D eigenvalue weighted by atomic mass is 9.99. The number of ether oxygens (including phenoxy) is 1. The highest BCUT2D eigenvalue weighted by atomic mass is 19.1. The average molecular weight is 341 g/mol. The maximum absolute atomic E-state index is 14.0. The monoisotopic (exact) mass is 341 g/mol. The topological polar surface area (TPSA) is 49.8 Å². The van der Waals surface area contributed by atoms with E-state index in [0.717, 1.165) is 5.56 Å².